The fourth-order valence-corrected chi connectivity index (χ4v) is 3.56. The molecule has 1 aromatic carbocycles. The van der Waals surface area contributed by atoms with Crippen LogP contribution in [0.1, 0.15) is 29.1 Å². The second-order valence-electron chi connectivity index (χ2n) is 6.92. The van der Waals surface area contributed by atoms with Gasteiger partial charge >= 0.3 is 0 Å². The van der Waals surface area contributed by atoms with Crippen molar-refractivity contribution in [3.8, 4) is 11.3 Å². The molecular weight excluding hydrogens is 392 g/mol. The van der Waals surface area contributed by atoms with Gasteiger partial charge in [-0.05, 0) is 31.2 Å². The van der Waals surface area contributed by atoms with Crippen LogP contribution in [0.5, 0.6) is 0 Å². The molecule has 3 aromatic rings. The quantitative estimate of drug-likeness (QED) is 0.707. The molecule has 0 radical (unpaired) electrons. The number of carbonyl (C=O) groups is 1. The van der Waals surface area contributed by atoms with E-state index in [0.29, 0.717) is 48.0 Å². The monoisotopic (exact) mass is 412 g/mol. The Morgan fingerprint density at radius 1 is 1.14 bits per heavy atom. The summed E-state index contributed by atoms with van der Waals surface area (Å²) in [5, 5.41) is 14.8. The predicted molar refractivity (Wildman–Crippen MR) is 110 cm³/mol. The van der Waals surface area contributed by atoms with Crippen LogP contribution in [0.15, 0.2) is 53.2 Å². The van der Waals surface area contributed by atoms with E-state index in [9.17, 15) is 9.90 Å². The van der Waals surface area contributed by atoms with E-state index in [0.717, 1.165) is 5.82 Å². The molecule has 3 heterocycles. The molecule has 0 spiro atoms. The van der Waals surface area contributed by atoms with E-state index in [4.69, 9.17) is 16.1 Å². The highest BCUT2D eigenvalue weighted by Gasteiger charge is 2.31. The molecule has 1 N–H and O–H groups in total. The number of aromatic nitrogens is 2. The number of rotatable bonds is 4. The number of hydrogen-bond donors (Lipinski definition) is 1. The first kappa shape index (κ1) is 19.4. The summed E-state index contributed by atoms with van der Waals surface area (Å²) >= 11 is 5.97. The molecule has 1 saturated heterocycles. The molecule has 8 heteroatoms. The van der Waals surface area contributed by atoms with Crippen molar-refractivity contribution in [1.82, 2.24) is 15.0 Å². The van der Waals surface area contributed by atoms with Crippen molar-refractivity contribution in [1.29, 1.82) is 0 Å². The van der Waals surface area contributed by atoms with Gasteiger partial charge in [-0.25, -0.2) is 4.98 Å². The largest absolute Gasteiger partial charge is 0.385 e. The Bertz CT molecular complexity index is 981. The highest BCUT2D eigenvalue weighted by molar-refractivity contribution is 6.30. The van der Waals surface area contributed by atoms with Crippen LogP contribution in [-0.4, -0.2) is 52.2 Å². The highest BCUT2D eigenvalue weighted by atomic mass is 35.5. The Morgan fingerprint density at radius 3 is 2.48 bits per heavy atom. The summed E-state index contributed by atoms with van der Waals surface area (Å²) in [6.45, 7) is 3.99. The van der Waals surface area contributed by atoms with Crippen LogP contribution >= 0.6 is 11.6 Å². The molecule has 1 fully saturated rings. The van der Waals surface area contributed by atoms with Crippen LogP contribution in [0.3, 0.4) is 0 Å². The van der Waals surface area contributed by atoms with E-state index < -0.39 is 6.10 Å². The van der Waals surface area contributed by atoms with Gasteiger partial charge in [-0.3, -0.25) is 4.79 Å². The van der Waals surface area contributed by atoms with Crippen LogP contribution in [0, 0.1) is 0 Å². The van der Waals surface area contributed by atoms with Crippen molar-refractivity contribution in [2.45, 2.75) is 13.0 Å². The third kappa shape index (κ3) is 3.97. The number of hydrogen-bond acceptors (Lipinski definition) is 6. The van der Waals surface area contributed by atoms with Gasteiger partial charge in [-0.15, -0.1) is 0 Å². The molecule has 1 aliphatic heterocycles. The molecule has 2 aromatic heterocycles. The number of pyridine rings is 1. The Labute approximate surface area is 173 Å². The summed E-state index contributed by atoms with van der Waals surface area (Å²) in [4.78, 5) is 21.6. The molecule has 7 nitrogen and oxygen atoms in total. The molecule has 1 atom stereocenters. The smallest absolute Gasteiger partial charge is 0.259 e. The summed E-state index contributed by atoms with van der Waals surface area (Å²) in [6.07, 6.45) is 0.814. The van der Waals surface area contributed by atoms with E-state index in [-0.39, 0.29) is 11.7 Å². The zero-order valence-corrected chi connectivity index (χ0v) is 16.7. The zero-order valence-electron chi connectivity index (χ0n) is 16.0. The molecule has 0 bridgehead atoms. The number of carbonyl (C=O) groups excluding carboxylic acids is 1. The number of aliphatic hydroxyl groups is 1. The van der Waals surface area contributed by atoms with E-state index in [1.54, 1.807) is 42.3 Å². The minimum Gasteiger partial charge on any atom is -0.385 e. The van der Waals surface area contributed by atoms with Gasteiger partial charge in [0.15, 0.2) is 5.76 Å². The summed E-state index contributed by atoms with van der Waals surface area (Å²) in [5.41, 5.74) is 1.42. The lowest BCUT2D eigenvalue weighted by Gasteiger charge is -2.35. The summed E-state index contributed by atoms with van der Waals surface area (Å²) in [6, 6.07) is 12.8. The van der Waals surface area contributed by atoms with Crippen molar-refractivity contribution in [3.63, 3.8) is 0 Å². The SMILES string of the molecule is C[C@H](O)c1onc(-c2ccc(Cl)cc2)c1C(=O)N1CCN(c2ccccn2)CC1. The Hall–Kier alpha value is -2.90. The van der Waals surface area contributed by atoms with Crippen LogP contribution in [0.25, 0.3) is 11.3 Å². The second-order valence-corrected chi connectivity index (χ2v) is 7.36. The molecule has 0 aliphatic carbocycles. The molecule has 1 aliphatic rings. The number of anilines is 1. The molecule has 1 amide bonds. The normalized spacial score (nSPS) is 15.4. The molecule has 0 unspecified atom stereocenters. The van der Waals surface area contributed by atoms with Crippen molar-refractivity contribution < 1.29 is 14.4 Å². The van der Waals surface area contributed by atoms with Crippen LogP contribution in [-0.2, 0) is 0 Å². The van der Waals surface area contributed by atoms with Gasteiger partial charge < -0.3 is 19.4 Å². The van der Waals surface area contributed by atoms with E-state index in [1.165, 1.54) is 0 Å². The van der Waals surface area contributed by atoms with Gasteiger partial charge in [0, 0.05) is 43.0 Å². The van der Waals surface area contributed by atoms with Gasteiger partial charge in [0.25, 0.3) is 5.91 Å². The number of piperazine rings is 1. The van der Waals surface area contributed by atoms with Crippen molar-refractivity contribution >= 4 is 23.3 Å². The second kappa shape index (κ2) is 8.23. The minimum absolute atomic E-state index is 0.173. The third-order valence-electron chi connectivity index (χ3n) is 4.97. The molecule has 0 saturated carbocycles. The zero-order chi connectivity index (χ0) is 20.4. The number of benzene rings is 1. The van der Waals surface area contributed by atoms with Gasteiger partial charge in [-0.1, -0.05) is 35.0 Å². The van der Waals surface area contributed by atoms with E-state index in [2.05, 4.69) is 15.0 Å². The first-order chi connectivity index (χ1) is 14.0. The summed E-state index contributed by atoms with van der Waals surface area (Å²) in [5.74, 6) is 0.871. The van der Waals surface area contributed by atoms with Gasteiger partial charge in [0.2, 0.25) is 0 Å². The van der Waals surface area contributed by atoms with E-state index in [1.807, 2.05) is 18.2 Å². The maximum Gasteiger partial charge on any atom is 0.259 e. The molecular formula is C21H21ClN4O3. The average Bonchev–Trinajstić information content (AvgIpc) is 3.20. The lowest BCUT2D eigenvalue weighted by atomic mass is 10.0. The molecule has 29 heavy (non-hydrogen) atoms. The maximum atomic E-state index is 13.3. The number of nitrogens with zero attached hydrogens (tertiary/aromatic N) is 4. The summed E-state index contributed by atoms with van der Waals surface area (Å²) in [7, 11) is 0. The Kier molecular flexibility index (Phi) is 5.51. The topological polar surface area (TPSA) is 82.7 Å². The van der Waals surface area contributed by atoms with Gasteiger partial charge in [0.05, 0.1) is 0 Å². The summed E-state index contributed by atoms with van der Waals surface area (Å²) < 4.78 is 5.34. The number of amides is 1. The van der Waals surface area contributed by atoms with Crippen molar-refractivity contribution in [2.75, 3.05) is 31.1 Å². The lowest BCUT2D eigenvalue weighted by Crippen LogP contribution is -2.49. The fraction of sp³-hybridized carbons (Fsp3) is 0.286. The van der Waals surface area contributed by atoms with Crippen LogP contribution < -0.4 is 4.90 Å². The average molecular weight is 413 g/mol. The van der Waals surface area contributed by atoms with Crippen LogP contribution in [0.2, 0.25) is 5.02 Å². The first-order valence-electron chi connectivity index (χ1n) is 9.43. The minimum atomic E-state index is -0.947. The number of aliphatic hydroxyl groups excluding tert-OH is 1. The van der Waals surface area contributed by atoms with Crippen LogP contribution in [0.4, 0.5) is 5.82 Å². The third-order valence-corrected chi connectivity index (χ3v) is 5.22. The Balaban J connectivity index is 1.58. The predicted octanol–water partition coefficient (Wildman–Crippen LogP) is 3.41. The van der Waals surface area contributed by atoms with Crippen molar-refractivity contribution in [3.05, 3.63) is 65.0 Å². The Morgan fingerprint density at radius 2 is 1.86 bits per heavy atom. The molecule has 150 valence electrons. The lowest BCUT2D eigenvalue weighted by molar-refractivity contribution is 0.0735. The standard InChI is InChI=1S/C21H21ClN4O3/c1-14(27)20-18(19(24-29-20)15-5-7-16(22)8-6-15)21(28)26-12-10-25(11-13-26)17-4-2-3-9-23-17/h2-9,14,27H,10-13H2,1H3/t14-/m0/s1. The molecule has 4 rings (SSSR count). The van der Waals surface area contributed by atoms with Crippen molar-refractivity contribution in [2.24, 2.45) is 0 Å². The highest BCUT2D eigenvalue weighted by Crippen LogP contribution is 2.31. The van der Waals surface area contributed by atoms with Gasteiger partial charge in [-0.2, -0.15) is 0 Å². The fourth-order valence-electron chi connectivity index (χ4n) is 3.44. The maximum absolute atomic E-state index is 13.3. The number of halogens is 1. The first-order valence-corrected chi connectivity index (χ1v) is 9.81. The van der Waals surface area contributed by atoms with E-state index >= 15 is 0 Å². The van der Waals surface area contributed by atoms with Gasteiger partial charge in [0.1, 0.15) is 23.2 Å².